The molecule has 0 saturated carbocycles. The fourth-order valence-electron chi connectivity index (χ4n) is 0.486. The number of ether oxygens (including phenoxy) is 1. The van der Waals surface area contributed by atoms with E-state index < -0.39 is 0 Å². The summed E-state index contributed by atoms with van der Waals surface area (Å²) in [5.74, 6) is -0.0961. The van der Waals surface area contributed by atoms with E-state index in [1.54, 1.807) is 0 Å². The van der Waals surface area contributed by atoms with Gasteiger partial charge in [-0.1, -0.05) is 0 Å². The number of rotatable bonds is 1. The summed E-state index contributed by atoms with van der Waals surface area (Å²) < 4.78 is 4.62. The first-order valence-corrected chi connectivity index (χ1v) is 2.73. The third-order valence-corrected chi connectivity index (χ3v) is 0.803. The summed E-state index contributed by atoms with van der Waals surface area (Å²) in [4.78, 5) is 17.6. The van der Waals surface area contributed by atoms with E-state index in [0.717, 1.165) is 0 Å². The number of nitrogens with zero attached hydrogens (tertiary/aromatic N) is 2. The van der Waals surface area contributed by atoms with Crippen LogP contribution >= 0.6 is 0 Å². The third-order valence-electron chi connectivity index (χ3n) is 0.803. The van der Waals surface area contributed by atoms with Crippen LogP contribution in [0.15, 0.2) is 18.6 Å². The fraction of sp³-hybridized carbons (Fsp3) is 0.167. The molecule has 1 heterocycles. The molecule has 0 amide bonds. The van der Waals surface area contributed by atoms with Gasteiger partial charge in [-0.2, -0.15) is 0 Å². The van der Waals surface area contributed by atoms with E-state index in [2.05, 4.69) is 14.7 Å². The standard InChI is InChI=1S/C6H6N2O2.Na.H/c1-5(9)10-6-2-3-7-4-8-6;;/h2-4H,1H3;;. The van der Waals surface area contributed by atoms with E-state index in [1.807, 2.05) is 0 Å². The van der Waals surface area contributed by atoms with Crippen LogP contribution in [0, 0.1) is 0 Å². The molecule has 0 unspecified atom stereocenters. The molecule has 0 aliphatic rings. The molecule has 0 aliphatic heterocycles. The number of esters is 1. The first kappa shape index (κ1) is 10.6. The van der Waals surface area contributed by atoms with Crippen LogP contribution in [0.2, 0.25) is 0 Å². The predicted octanol–water partition coefficient (Wildman–Crippen LogP) is -0.247. The van der Waals surface area contributed by atoms with Gasteiger partial charge in [0.05, 0.1) is 0 Å². The molecule has 4 nitrogen and oxygen atoms in total. The summed E-state index contributed by atoms with van der Waals surface area (Å²) in [5, 5.41) is 0. The van der Waals surface area contributed by atoms with E-state index in [1.165, 1.54) is 25.5 Å². The van der Waals surface area contributed by atoms with Gasteiger partial charge in [-0.3, -0.25) is 4.79 Å². The van der Waals surface area contributed by atoms with Crippen molar-refractivity contribution in [2.24, 2.45) is 0 Å². The van der Waals surface area contributed by atoms with Crippen molar-refractivity contribution in [3.05, 3.63) is 18.6 Å². The zero-order valence-corrected chi connectivity index (χ0v) is 5.44. The van der Waals surface area contributed by atoms with Gasteiger partial charge in [0.1, 0.15) is 6.33 Å². The molecule has 1 aromatic heterocycles. The minimum absolute atomic E-state index is 0. The first-order chi connectivity index (χ1) is 4.79. The Labute approximate surface area is 86.3 Å². The Kier molecular flexibility index (Phi) is 5.02. The van der Waals surface area contributed by atoms with Crippen molar-refractivity contribution in [2.45, 2.75) is 6.92 Å². The maximum atomic E-state index is 10.3. The second kappa shape index (κ2) is 5.23. The molecule has 0 bridgehead atoms. The molecular weight excluding hydrogens is 155 g/mol. The van der Waals surface area contributed by atoms with Gasteiger partial charge in [-0.25, -0.2) is 9.97 Å². The normalized spacial score (nSPS) is 8.09. The van der Waals surface area contributed by atoms with Gasteiger partial charge in [0.15, 0.2) is 0 Å². The molecule has 0 radical (unpaired) electrons. The van der Waals surface area contributed by atoms with E-state index >= 15 is 0 Å². The predicted molar refractivity (Wildman–Crippen MR) is 40.5 cm³/mol. The second-order valence-electron chi connectivity index (χ2n) is 1.64. The van der Waals surface area contributed by atoms with Crippen LogP contribution in [0.1, 0.15) is 6.92 Å². The Morgan fingerprint density at radius 1 is 1.64 bits per heavy atom. The third kappa shape index (κ3) is 4.08. The molecule has 11 heavy (non-hydrogen) atoms. The number of hydrogen-bond donors (Lipinski definition) is 0. The van der Waals surface area contributed by atoms with Crippen molar-refractivity contribution < 1.29 is 9.53 Å². The van der Waals surface area contributed by atoms with Gasteiger partial charge < -0.3 is 4.74 Å². The monoisotopic (exact) mass is 162 g/mol. The summed E-state index contributed by atoms with van der Waals surface area (Å²) in [6.07, 6.45) is 2.82. The van der Waals surface area contributed by atoms with Crippen LogP contribution in [-0.2, 0) is 4.79 Å². The Bertz CT molecular complexity index is 227. The van der Waals surface area contributed by atoms with Crippen molar-refractivity contribution in [3.8, 4) is 5.88 Å². The van der Waals surface area contributed by atoms with Gasteiger partial charge >= 0.3 is 35.5 Å². The SMILES string of the molecule is CC(=O)Oc1ccncn1.[NaH]. The van der Waals surface area contributed by atoms with Crippen LogP contribution in [0.5, 0.6) is 5.88 Å². The van der Waals surface area contributed by atoms with Gasteiger partial charge in [-0.15, -0.1) is 0 Å². The first-order valence-electron chi connectivity index (χ1n) is 2.73. The molecule has 54 valence electrons. The molecule has 0 N–H and O–H groups in total. The molecule has 0 atom stereocenters. The van der Waals surface area contributed by atoms with Crippen LogP contribution in [0.3, 0.4) is 0 Å². The van der Waals surface area contributed by atoms with E-state index in [0.29, 0.717) is 0 Å². The van der Waals surface area contributed by atoms with Crippen molar-refractivity contribution in [2.75, 3.05) is 0 Å². The molecule has 1 aromatic rings. The summed E-state index contributed by atoms with van der Waals surface area (Å²) in [6, 6.07) is 1.52. The average molecular weight is 162 g/mol. The zero-order valence-electron chi connectivity index (χ0n) is 5.44. The summed E-state index contributed by atoms with van der Waals surface area (Å²) in [7, 11) is 0. The molecule has 0 fully saturated rings. The maximum absolute atomic E-state index is 10.3. The Morgan fingerprint density at radius 2 is 2.36 bits per heavy atom. The average Bonchev–Trinajstić information content (AvgIpc) is 1.88. The Hall–Kier alpha value is -0.450. The topological polar surface area (TPSA) is 52.1 Å². The Morgan fingerprint density at radius 3 is 2.82 bits per heavy atom. The quantitative estimate of drug-likeness (QED) is 0.422. The number of carbonyl (C=O) groups is 1. The molecule has 1 rings (SSSR count). The molecule has 0 spiro atoms. The molecule has 0 aliphatic carbocycles. The van der Waals surface area contributed by atoms with Crippen molar-refractivity contribution in [1.29, 1.82) is 0 Å². The van der Waals surface area contributed by atoms with Crippen molar-refractivity contribution in [3.63, 3.8) is 0 Å². The second-order valence-corrected chi connectivity index (χ2v) is 1.64. The summed E-state index contributed by atoms with van der Waals surface area (Å²) >= 11 is 0. The Balaban J connectivity index is 0.000001000. The van der Waals surface area contributed by atoms with Gasteiger partial charge in [0, 0.05) is 19.2 Å². The van der Waals surface area contributed by atoms with Gasteiger partial charge in [-0.05, 0) is 0 Å². The van der Waals surface area contributed by atoms with E-state index in [9.17, 15) is 4.79 Å². The summed E-state index contributed by atoms with van der Waals surface area (Å²) in [5.41, 5.74) is 0. The van der Waals surface area contributed by atoms with Crippen LogP contribution < -0.4 is 4.74 Å². The summed E-state index contributed by atoms with van der Waals surface area (Å²) in [6.45, 7) is 1.32. The molecule has 5 heteroatoms. The molecule has 0 saturated heterocycles. The number of aromatic nitrogens is 2. The zero-order chi connectivity index (χ0) is 7.40. The van der Waals surface area contributed by atoms with Gasteiger partial charge in [0.25, 0.3) is 0 Å². The van der Waals surface area contributed by atoms with Crippen LogP contribution in [0.25, 0.3) is 0 Å². The van der Waals surface area contributed by atoms with Crippen LogP contribution in [0.4, 0.5) is 0 Å². The van der Waals surface area contributed by atoms with E-state index in [4.69, 9.17) is 0 Å². The molecular formula is C6H7N2NaO2. The molecule has 0 aromatic carbocycles. The number of carbonyl (C=O) groups excluding carboxylic acids is 1. The van der Waals surface area contributed by atoms with Crippen molar-refractivity contribution in [1.82, 2.24) is 9.97 Å². The minimum atomic E-state index is -0.376. The number of hydrogen-bond acceptors (Lipinski definition) is 4. The van der Waals surface area contributed by atoms with Crippen molar-refractivity contribution >= 4 is 35.5 Å². The van der Waals surface area contributed by atoms with Gasteiger partial charge in [0.2, 0.25) is 5.88 Å². The fourth-order valence-corrected chi connectivity index (χ4v) is 0.486. The van der Waals surface area contributed by atoms with E-state index in [-0.39, 0.29) is 41.4 Å². The van der Waals surface area contributed by atoms with Crippen LogP contribution in [-0.4, -0.2) is 45.5 Å².